The largest absolute Gasteiger partial charge is 0.303 e. The van der Waals surface area contributed by atoms with E-state index in [0.29, 0.717) is 10.5 Å². The van der Waals surface area contributed by atoms with Crippen molar-refractivity contribution in [2.24, 2.45) is 0 Å². The molecule has 0 unspecified atom stereocenters. The Kier molecular flexibility index (Phi) is 5.07. The zero-order valence-electron chi connectivity index (χ0n) is 15.9. The minimum absolute atomic E-state index is 0.0817. The summed E-state index contributed by atoms with van der Waals surface area (Å²) in [4.78, 5) is 30.9. The molecule has 3 aromatic rings. The molecule has 0 saturated carbocycles. The molecule has 2 aromatic heterocycles. The van der Waals surface area contributed by atoms with Crippen molar-refractivity contribution in [1.29, 1.82) is 0 Å². The predicted octanol–water partition coefficient (Wildman–Crippen LogP) is 4.86. The van der Waals surface area contributed by atoms with Crippen LogP contribution >= 0.6 is 11.8 Å². The van der Waals surface area contributed by atoms with Gasteiger partial charge < -0.3 is 4.57 Å². The van der Waals surface area contributed by atoms with E-state index < -0.39 is 17.0 Å². The Hall–Kier alpha value is -3.19. The molecule has 1 saturated heterocycles. The number of thioether (sulfide) groups is 1. The van der Waals surface area contributed by atoms with E-state index in [1.165, 1.54) is 6.07 Å². The third-order valence-electron chi connectivity index (χ3n) is 4.80. The fourth-order valence-electron chi connectivity index (χ4n) is 3.35. The lowest BCUT2D eigenvalue weighted by Gasteiger charge is -2.12. The van der Waals surface area contributed by atoms with Crippen LogP contribution in [0.25, 0.3) is 11.9 Å². The van der Waals surface area contributed by atoms with Crippen molar-refractivity contribution in [3.8, 4) is 5.82 Å². The van der Waals surface area contributed by atoms with E-state index in [0.717, 1.165) is 39.4 Å². The second-order valence-corrected chi connectivity index (χ2v) is 7.70. The van der Waals surface area contributed by atoms with Crippen molar-refractivity contribution in [2.75, 3.05) is 0 Å². The zero-order chi connectivity index (χ0) is 20.5. The Labute approximate surface area is 171 Å². The maximum absolute atomic E-state index is 13.9. The lowest BCUT2D eigenvalue weighted by Crippen LogP contribution is -2.27. The number of rotatable bonds is 4. The van der Waals surface area contributed by atoms with E-state index in [1.54, 1.807) is 30.5 Å². The van der Waals surface area contributed by atoms with E-state index in [-0.39, 0.29) is 6.54 Å². The molecule has 2 amide bonds. The van der Waals surface area contributed by atoms with Gasteiger partial charge in [-0.25, -0.2) is 9.37 Å². The molecule has 1 aromatic carbocycles. The highest BCUT2D eigenvalue weighted by molar-refractivity contribution is 8.18. The van der Waals surface area contributed by atoms with Gasteiger partial charge in [-0.3, -0.25) is 14.5 Å². The van der Waals surface area contributed by atoms with Crippen molar-refractivity contribution in [3.05, 3.63) is 88.0 Å². The van der Waals surface area contributed by atoms with Gasteiger partial charge in [0.2, 0.25) is 0 Å². The second kappa shape index (κ2) is 7.67. The number of aromatic nitrogens is 2. The summed E-state index contributed by atoms with van der Waals surface area (Å²) in [7, 11) is 0. The molecule has 0 N–H and O–H groups in total. The summed E-state index contributed by atoms with van der Waals surface area (Å²) in [5.74, 6) is -0.0601. The highest BCUT2D eigenvalue weighted by Crippen LogP contribution is 2.34. The SMILES string of the molecule is Cc1cc(/C=C2\SC(=O)N(Cc3ccccc3F)C2=O)c(C)n1-c1ccccn1. The summed E-state index contributed by atoms with van der Waals surface area (Å²) in [6, 6.07) is 13.8. The van der Waals surface area contributed by atoms with Crippen LogP contribution in [0.1, 0.15) is 22.5 Å². The number of aryl methyl sites for hydroxylation is 1. The first-order chi connectivity index (χ1) is 14.0. The average molecular weight is 407 g/mol. The molecule has 7 heteroatoms. The molecule has 5 nitrogen and oxygen atoms in total. The number of amides is 2. The molecule has 1 aliphatic heterocycles. The van der Waals surface area contributed by atoms with Crippen molar-refractivity contribution in [2.45, 2.75) is 20.4 Å². The smallest absolute Gasteiger partial charge is 0.293 e. The molecule has 4 rings (SSSR count). The quantitative estimate of drug-likeness (QED) is 0.580. The average Bonchev–Trinajstić information content (AvgIpc) is 3.13. The first kappa shape index (κ1) is 19.1. The number of carbonyl (C=O) groups is 2. The Morgan fingerprint density at radius 3 is 2.59 bits per heavy atom. The number of pyridine rings is 1. The molecule has 0 spiro atoms. The maximum atomic E-state index is 13.9. The predicted molar refractivity (Wildman–Crippen MR) is 111 cm³/mol. The topological polar surface area (TPSA) is 55.2 Å². The highest BCUT2D eigenvalue weighted by atomic mass is 32.2. The third-order valence-corrected chi connectivity index (χ3v) is 5.70. The Bertz CT molecular complexity index is 1140. The van der Waals surface area contributed by atoms with Gasteiger partial charge in [0.05, 0.1) is 11.4 Å². The molecular formula is C22H18FN3O2S. The number of hydrogen-bond acceptors (Lipinski definition) is 4. The Morgan fingerprint density at radius 1 is 1.10 bits per heavy atom. The minimum Gasteiger partial charge on any atom is -0.303 e. The summed E-state index contributed by atoms with van der Waals surface area (Å²) in [6.07, 6.45) is 3.44. The van der Waals surface area contributed by atoms with Gasteiger partial charge in [-0.15, -0.1) is 0 Å². The number of benzene rings is 1. The third kappa shape index (κ3) is 3.61. The molecule has 29 heavy (non-hydrogen) atoms. The number of imide groups is 1. The van der Waals surface area contributed by atoms with Crippen molar-refractivity contribution in [3.63, 3.8) is 0 Å². The van der Waals surface area contributed by atoms with E-state index >= 15 is 0 Å². The summed E-state index contributed by atoms with van der Waals surface area (Å²) in [5, 5.41) is -0.400. The van der Waals surface area contributed by atoms with Crippen molar-refractivity contribution in [1.82, 2.24) is 14.5 Å². The number of halogens is 1. The van der Waals surface area contributed by atoms with Crippen LogP contribution in [-0.2, 0) is 11.3 Å². The Morgan fingerprint density at radius 2 is 1.86 bits per heavy atom. The van der Waals surface area contributed by atoms with Crippen LogP contribution in [0, 0.1) is 19.7 Å². The number of nitrogens with zero attached hydrogens (tertiary/aromatic N) is 3. The van der Waals surface area contributed by atoms with Crippen LogP contribution in [0.4, 0.5) is 9.18 Å². The highest BCUT2D eigenvalue weighted by Gasteiger charge is 2.35. The van der Waals surface area contributed by atoms with E-state index in [4.69, 9.17) is 0 Å². The first-order valence-corrected chi connectivity index (χ1v) is 9.86. The van der Waals surface area contributed by atoms with Gasteiger partial charge in [-0.2, -0.15) is 0 Å². The van der Waals surface area contributed by atoms with Crippen LogP contribution in [0.15, 0.2) is 59.6 Å². The lowest BCUT2D eigenvalue weighted by atomic mass is 10.2. The molecule has 1 fully saturated rings. The fourth-order valence-corrected chi connectivity index (χ4v) is 4.18. The molecule has 3 heterocycles. The summed E-state index contributed by atoms with van der Waals surface area (Å²) in [6.45, 7) is 3.82. The van der Waals surface area contributed by atoms with Gasteiger partial charge >= 0.3 is 0 Å². The summed E-state index contributed by atoms with van der Waals surface area (Å²) in [5.41, 5.74) is 3.04. The van der Waals surface area contributed by atoms with E-state index in [9.17, 15) is 14.0 Å². The molecular weight excluding hydrogens is 389 g/mol. The lowest BCUT2D eigenvalue weighted by molar-refractivity contribution is -0.123. The van der Waals surface area contributed by atoms with Crippen LogP contribution in [0.5, 0.6) is 0 Å². The van der Waals surface area contributed by atoms with Crippen LogP contribution in [0.2, 0.25) is 0 Å². The van der Waals surface area contributed by atoms with Gasteiger partial charge in [-0.05, 0) is 61.5 Å². The van der Waals surface area contributed by atoms with E-state index in [1.807, 2.05) is 42.7 Å². The van der Waals surface area contributed by atoms with E-state index in [2.05, 4.69) is 4.98 Å². The second-order valence-electron chi connectivity index (χ2n) is 6.71. The maximum Gasteiger partial charge on any atom is 0.293 e. The Balaban J connectivity index is 1.64. The minimum atomic E-state index is -0.436. The fraction of sp³-hybridized carbons (Fsp3) is 0.136. The van der Waals surface area contributed by atoms with Crippen LogP contribution in [-0.4, -0.2) is 25.6 Å². The number of hydrogen-bond donors (Lipinski definition) is 0. The summed E-state index contributed by atoms with van der Waals surface area (Å²) < 4.78 is 15.9. The van der Waals surface area contributed by atoms with Crippen LogP contribution in [0.3, 0.4) is 0 Å². The first-order valence-electron chi connectivity index (χ1n) is 9.05. The molecule has 146 valence electrons. The normalized spacial score (nSPS) is 15.6. The molecule has 0 atom stereocenters. The molecule has 1 aliphatic rings. The standard InChI is InChI=1S/C22H18FN3O2S/c1-14-11-17(15(2)26(14)20-9-5-6-10-24-20)12-19-21(27)25(22(28)29-19)13-16-7-3-4-8-18(16)23/h3-12H,13H2,1-2H3/b19-12-. The zero-order valence-corrected chi connectivity index (χ0v) is 16.7. The van der Waals surface area contributed by atoms with Gasteiger partial charge in [0, 0.05) is 23.1 Å². The molecule has 0 aliphatic carbocycles. The van der Waals surface area contributed by atoms with Crippen LogP contribution < -0.4 is 0 Å². The van der Waals surface area contributed by atoms with Crippen molar-refractivity contribution < 1.29 is 14.0 Å². The molecule has 0 radical (unpaired) electrons. The monoisotopic (exact) mass is 407 g/mol. The van der Waals surface area contributed by atoms with Gasteiger partial charge in [0.25, 0.3) is 11.1 Å². The van der Waals surface area contributed by atoms with Gasteiger partial charge in [0.15, 0.2) is 0 Å². The summed E-state index contributed by atoms with van der Waals surface area (Å²) >= 11 is 0.873. The number of carbonyl (C=O) groups excluding carboxylic acids is 2. The van der Waals surface area contributed by atoms with Crippen molar-refractivity contribution >= 4 is 29.0 Å². The molecule has 0 bridgehead atoms. The van der Waals surface area contributed by atoms with Gasteiger partial charge in [-0.1, -0.05) is 24.3 Å². The van der Waals surface area contributed by atoms with Gasteiger partial charge in [0.1, 0.15) is 11.6 Å².